The van der Waals surface area contributed by atoms with Crippen LogP contribution in [-0.4, -0.2) is 38.8 Å². The minimum Gasteiger partial charge on any atom is -0.481 e. The van der Waals surface area contributed by atoms with Gasteiger partial charge in [-0.2, -0.15) is 0 Å². The molecule has 0 amide bonds. The fraction of sp³-hybridized carbons (Fsp3) is 0.765. The van der Waals surface area contributed by atoms with Gasteiger partial charge in [0.1, 0.15) is 11.2 Å². The highest BCUT2D eigenvalue weighted by Gasteiger charge is 2.68. The standard InChI is InChI=1S/C17H26O5/c1-3-7-12-13(18)10-17(15(20)21,16(12,2)22)14(19)11-8-5-4-6-9-11/h5,8,11-12,14,19,22H,3-4,6-7,9-10H2,1-2H3,(H,20,21)/t11-,12+,14-,16+,17-/m1/s1. The molecular weight excluding hydrogens is 284 g/mol. The van der Waals surface area contributed by atoms with Gasteiger partial charge in [0.25, 0.3) is 0 Å². The highest BCUT2D eigenvalue weighted by Crippen LogP contribution is 2.54. The summed E-state index contributed by atoms with van der Waals surface area (Å²) in [5.41, 5.74) is -3.56. The van der Waals surface area contributed by atoms with Crippen LogP contribution in [0.3, 0.4) is 0 Å². The summed E-state index contributed by atoms with van der Waals surface area (Å²) in [5, 5.41) is 31.5. The molecule has 124 valence electrons. The van der Waals surface area contributed by atoms with E-state index in [1.165, 1.54) is 6.92 Å². The smallest absolute Gasteiger partial charge is 0.315 e. The van der Waals surface area contributed by atoms with E-state index in [-0.39, 0.29) is 18.1 Å². The van der Waals surface area contributed by atoms with Gasteiger partial charge in [0.05, 0.1) is 11.7 Å². The van der Waals surface area contributed by atoms with Gasteiger partial charge in [-0.25, -0.2) is 0 Å². The number of hydrogen-bond acceptors (Lipinski definition) is 4. The van der Waals surface area contributed by atoms with E-state index in [1.54, 1.807) is 0 Å². The number of aliphatic carboxylic acids is 1. The quantitative estimate of drug-likeness (QED) is 0.674. The number of Topliss-reactive ketones (excluding diaryl/α,β-unsaturated/α-hetero) is 1. The maximum atomic E-state index is 12.3. The molecule has 5 nitrogen and oxygen atoms in total. The summed E-state index contributed by atoms with van der Waals surface area (Å²) in [6, 6.07) is 0. The second-order valence-electron chi connectivity index (χ2n) is 6.88. The summed E-state index contributed by atoms with van der Waals surface area (Å²) >= 11 is 0. The molecular formula is C17H26O5. The van der Waals surface area contributed by atoms with Crippen molar-refractivity contribution < 1.29 is 24.9 Å². The third kappa shape index (κ3) is 2.40. The second kappa shape index (κ2) is 6.13. The predicted molar refractivity (Wildman–Crippen MR) is 81.2 cm³/mol. The van der Waals surface area contributed by atoms with Gasteiger partial charge in [0.2, 0.25) is 0 Å². The zero-order valence-electron chi connectivity index (χ0n) is 13.3. The van der Waals surface area contributed by atoms with Crippen LogP contribution in [0.4, 0.5) is 0 Å². The molecule has 1 saturated carbocycles. The summed E-state index contributed by atoms with van der Waals surface area (Å²) in [6.07, 6.45) is 5.78. The Kier molecular flexibility index (Phi) is 4.78. The van der Waals surface area contributed by atoms with Crippen molar-refractivity contribution in [1.29, 1.82) is 0 Å². The summed E-state index contributed by atoms with van der Waals surface area (Å²) in [4.78, 5) is 24.4. The topological polar surface area (TPSA) is 94.8 Å². The van der Waals surface area contributed by atoms with Crippen molar-refractivity contribution >= 4 is 11.8 Å². The largest absolute Gasteiger partial charge is 0.481 e. The molecule has 0 spiro atoms. The maximum absolute atomic E-state index is 12.3. The number of carboxylic acid groups (broad SMARTS) is 1. The molecule has 1 fully saturated rings. The first kappa shape index (κ1) is 17.2. The van der Waals surface area contributed by atoms with Gasteiger partial charge in [-0.15, -0.1) is 0 Å². The SMILES string of the molecule is CCC[C@H]1C(=O)C[C@](C(=O)O)([C@H](O)[C@@H]2C=CCCC2)[C@@]1(C)O. The van der Waals surface area contributed by atoms with E-state index in [1.807, 2.05) is 19.1 Å². The van der Waals surface area contributed by atoms with Crippen LogP contribution < -0.4 is 0 Å². The van der Waals surface area contributed by atoms with Crippen LogP contribution >= 0.6 is 0 Å². The Morgan fingerprint density at radius 1 is 1.50 bits per heavy atom. The Bertz CT molecular complexity index is 481. The molecule has 22 heavy (non-hydrogen) atoms. The molecule has 5 atom stereocenters. The number of carbonyl (C=O) groups excluding carboxylic acids is 1. The summed E-state index contributed by atoms with van der Waals surface area (Å²) < 4.78 is 0. The Morgan fingerprint density at radius 3 is 2.68 bits per heavy atom. The first-order valence-corrected chi connectivity index (χ1v) is 8.12. The number of aliphatic hydroxyl groups excluding tert-OH is 1. The molecule has 0 aromatic rings. The molecule has 0 bridgehead atoms. The first-order valence-electron chi connectivity index (χ1n) is 8.12. The van der Waals surface area contributed by atoms with Crippen molar-refractivity contribution in [3.05, 3.63) is 12.2 Å². The molecule has 2 aliphatic rings. The van der Waals surface area contributed by atoms with E-state index >= 15 is 0 Å². The van der Waals surface area contributed by atoms with Gasteiger partial charge < -0.3 is 15.3 Å². The number of carboxylic acids is 1. The monoisotopic (exact) mass is 310 g/mol. The summed E-state index contributed by atoms with van der Waals surface area (Å²) in [6.45, 7) is 3.30. The van der Waals surface area contributed by atoms with Gasteiger partial charge in [0, 0.05) is 18.3 Å². The van der Waals surface area contributed by atoms with E-state index in [9.17, 15) is 24.9 Å². The minimum absolute atomic E-state index is 0.256. The van der Waals surface area contributed by atoms with E-state index in [4.69, 9.17) is 0 Å². The lowest BCUT2D eigenvalue weighted by Crippen LogP contribution is -2.59. The van der Waals surface area contributed by atoms with Crippen LogP contribution in [0, 0.1) is 17.3 Å². The van der Waals surface area contributed by atoms with Gasteiger partial charge >= 0.3 is 5.97 Å². The molecule has 2 rings (SSSR count). The maximum Gasteiger partial charge on any atom is 0.315 e. The molecule has 5 heteroatoms. The van der Waals surface area contributed by atoms with Crippen LogP contribution in [-0.2, 0) is 9.59 Å². The molecule has 3 N–H and O–H groups in total. The Labute approximate surface area is 131 Å². The molecule has 0 saturated heterocycles. The fourth-order valence-electron chi connectivity index (χ4n) is 4.22. The highest BCUT2D eigenvalue weighted by atomic mass is 16.4. The number of ketones is 1. The molecule has 0 heterocycles. The van der Waals surface area contributed by atoms with E-state index in [0.717, 1.165) is 12.8 Å². The highest BCUT2D eigenvalue weighted by molar-refractivity contribution is 5.94. The molecule has 0 aromatic heterocycles. The van der Waals surface area contributed by atoms with E-state index in [2.05, 4.69) is 0 Å². The second-order valence-corrected chi connectivity index (χ2v) is 6.88. The lowest BCUT2D eigenvalue weighted by Gasteiger charge is -2.44. The third-order valence-corrected chi connectivity index (χ3v) is 5.58. The lowest BCUT2D eigenvalue weighted by atomic mass is 9.64. The average Bonchev–Trinajstić information content (AvgIpc) is 2.68. The number of allylic oxidation sites excluding steroid dienone is 1. The summed E-state index contributed by atoms with van der Waals surface area (Å²) in [7, 11) is 0. The summed E-state index contributed by atoms with van der Waals surface area (Å²) in [5.74, 6) is -2.59. The van der Waals surface area contributed by atoms with Crippen molar-refractivity contribution in [2.45, 2.75) is 64.1 Å². The third-order valence-electron chi connectivity index (χ3n) is 5.58. The number of rotatable bonds is 5. The van der Waals surface area contributed by atoms with Crippen LogP contribution in [0.1, 0.15) is 52.4 Å². The Morgan fingerprint density at radius 2 is 2.18 bits per heavy atom. The van der Waals surface area contributed by atoms with Gasteiger partial charge in [0.15, 0.2) is 0 Å². The van der Waals surface area contributed by atoms with Gasteiger partial charge in [-0.1, -0.05) is 25.5 Å². The van der Waals surface area contributed by atoms with Crippen molar-refractivity contribution in [2.24, 2.45) is 17.3 Å². The predicted octanol–water partition coefficient (Wildman–Crippen LogP) is 1.91. The molecule has 0 aliphatic heterocycles. The van der Waals surface area contributed by atoms with Gasteiger partial charge in [-0.3, -0.25) is 9.59 Å². The van der Waals surface area contributed by atoms with Crippen molar-refractivity contribution in [1.82, 2.24) is 0 Å². The minimum atomic E-state index is -1.82. The van der Waals surface area contributed by atoms with Crippen molar-refractivity contribution in [3.63, 3.8) is 0 Å². The number of aliphatic hydroxyl groups is 2. The first-order chi connectivity index (χ1) is 10.3. The molecule has 2 aliphatic carbocycles. The van der Waals surface area contributed by atoms with Crippen LogP contribution in [0.15, 0.2) is 12.2 Å². The Hall–Kier alpha value is -1.20. The average molecular weight is 310 g/mol. The zero-order valence-corrected chi connectivity index (χ0v) is 13.3. The normalized spacial score (nSPS) is 39.9. The van der Waals surface area contributed by atoms with Crippen LogP contribution in [0.2, 0.25) is 0 Å². The van der Waals surface area contributed by atoms with Gasteiger partial charge in [-0.05, 0) is 32.6 Å². The number of carbonyl (C=O) groups is 2. The van der Waals surface area contributed by atoms with E-state index < -0.39 is 29.0 Å². The van der Waals surface area contributed by atoms with Crippen LogP contribution in [0.25, 0.3) is 0 Å². The Balaban J connectivity index is 2.44. The van der Waals surface area contributed by atoms with Crippen molar-refractivity contribution in [2.75, 3.05) is 0 Å². The fourth-order valence-corrected chi connectivity index (χ4v) is 4.22. The number of hydrogen-bond donors (Lipinski definition) is 3. The molecule has 0 radical (unpaired) electrons. The van der Waals surface area contributed by atoms with E-state index in [0.29, 0.717) is 19.3 Å². The van der Waals surface area contributed by atoms with Crippen molar-refractivity contribution in [3.8, 4) is 0 Å². The zero-order chi connectivity index (χ0) is 16.5. The molecule has 0 unspecified atom stereocenters. The lowest BCUT2D eigenvalue weighted by molar-refractivity contribution is -0.188. The molecule has 0 aromatic carbocycles. The van der Waals surface area contributed by atoms with Crippen LogP contribution in [0.5, 0.6) is 0 Å².